The Kier molecular flexibility index (Phi) is 15.0. The van der Waals surface area contributed by atoms with Gasteiger partial charge in [0.25, 0.3) is 0 Å². The number of benzene rings is 1. The topological polar surface area (TPSA) is 86.7 Å². The molecule has 0 bridgehead atoms. The molecular weight excluding hydrogens is 588 g/mol. The molecule has 0 N–H and O–H groups in total. The quantitative estimate of drug-likeness (QED) is 0.267. The fourth-order valence-electron chi connectivity index (χ4n) is 2.08. The molecule has 0 saturated carbocycles. The van der Waals surface area contributed by atoms with E-state index < -0.39 is 11.9 Å². The van der Waals surface area contributed by atoms with Crippen LogP contribution in [0.2, 0.25) is 0 Å². The van der Waals surface area contributed by atoms with Crippen molar-refractivity contribution in [2.24, 2.45) is 0 Å². The van der Waals surface area contributed by atoms with Crippen LogP contribution in [0.15, 0.2) is 31.6 Å². The van der Waals surface area contributed by atoms with Gasteiger partial charge >= 0.3 is 18.1 Å². The number of carbonyl (C=O) groups excluding carboxylic acids is 4. The lowest BCUT2D eigenvalue weighted by Crippen LogP contribution is -2.00. The Morgan fingerprint density at radius 3 is 1.40 bits per heavy atom. The maximum Gasteiger partial charge on any atom is 0.373 e. The third kappa shape index (κ3) is 9.34. The van der Waals surface area contributed by atoms with Crippen molar-refractivity contribution in [2.75, 3.05) is 13.2 Å². The summed E-state index contributed by atoms with van der Waals surface area (Å²) in [5, 5.41) is 0. The van der Waals surface area contributed by atoms with E-state index in [1.165, 1.54) is 12.2 Å². The number of hydrogen-bond acceptors (Lipinski definition) is 6. The molecule has 0 spiro atoms. The van der Waals surface area contributed by atoms with E-state index in [-0.39, 0.29) is 6.15 Å². The first-order valence-electron chi connectivity index (χ1n) is 8.84. The van der Waals surface area contributed by atoms with Crippen molar-refractivity contribution in [2.45, 2.75) is 27.2 Å². The Labute approximate surface area is 200 Å². The molecule has 0 aromatic heterocycles. The van der Waals surface area contributed by atoms with Gasteiger partial charge in [0.1, 0.15) is 0 Å². The molecule has 9 heteroatoms. The van der Waals surface area contributed by atoms with Crippen molar-refractivity contribution in [1.29, 1.82) is 0 Å². The van der Waals surface area contributed by atoms with Gasteiger partial charge < -0.3 is 9.47 Å². The van der Waals surface area contributed by atoms with Gasteiger partial charge in [-0.05, 0) is 80.2 Å². The molecule has 1 aromatic rings. The first kappa shape index (κ1) is 28.2. The summed E-state index contributed by atoms with van der Waals surface area (Å²) in [4.78, 5) is 39.6. The highest BCUT2D eigenvalue weighted by Gasteiger charge is 2.17. The highest BCUT2D eigenvalue weighted by molar-refractivity contribution is 9.11. The minimum Gasteiger partial charge on any atom is -0.463 e. The maximum absolute atomic E-state index is 11.7. The average molecular weight is 609 g/mol. The predicted molar refractivity (Wildman–Crippen MR) is 125 cm³/mol. The van der Waals surface area contributed by atoms with Gasteiger partial charge in [-0.2, -0.15) is 9.59 Å². The Morgan fingerprint density at radius 2 is 1.10 bits per heavy atom. The second kappa shape index (κ2) is 16.0. The molecule has 0 amide bonds. The van der Waals surface area contributed by atoms with E-state index in [0.717, 1.165) is 36.5 Å². The van der Waals surface area contributed by atoms with Crippen molar-refractivity contribution in [1.82, 2.24) is 0 Å². The van der Waals surface area contributed by atoms with Crippen LogP contribution in [0, 0.1) is 0 Å². The molecule has 0 fully saturated rings. The van der Waals surface area contributed by atoms with Crippen molar-refractivity contribution in [3.05, 3.63) is 48.3 Å². The SMILES string of the molecule is CC/C=C/c1c(Br)c(/C=C/C(=O)OCC)c(Br)c(/C=C/C(=O)OCC)c1Br.O=C=O. The molecular formula is C21H21Br3O6. The van der Waals surface area contributed by atoms with Crippen LogP contribution in [0.3, 0.4) is 0 Å². The van der Waals surface area contributed by atoms with Gasteiger partial charge in [0.15, 0.2) is 0 Å². The number of allylic oxidation sites excluding steroid dienone is 1. The molecule has 0 heterocycles. The van der Waals surface area contributed by atoms with Crippen LogP contribution in [0.4, 0.5) is 0 Å². The van der Waals surface area contributed by atoms with Crippen LogP contribution in [0.1, 0.15) is 43.9 Å². The van der Waals surface area contributed by atoms with Gasteiger partial charge in [-0.15, -0.1) is 0 Å². The van der Waals surface area contributed by atoms with Crippen LogP contribution < -0.4 is 0 Å². The minimum absolute atomic E-state index is 0.250. The zero-order valence-electron chi connectivity index (χ0n) is 16.7. The number of hydrogen-bond donors (Lipinski definition) is 0. The summed E-state index contributed by atoms with van der Waals surface area (Å²) in [6.07, 6.45) is 11.2. The Bertz CT molecular complexity index is 811. The smallest absolute Gasteiger partial charge is 0.373 e. The van der Waals surface area contributed by atoms with Gasteiger partial charge in [-0.1, -0.05) is 19.1 Å². The van der Waals surface area contributed by atoms with Crippen molar-refractivity contribution in [3.8, 4) is 0 Å². The highest BCUT2D eigenvalue weighted by atomic mass is 79.9. The Morgan fingerprint density at radius 1 is 0.767 bits per heavy atom. The van der Waals surface area contributed by atoms with Crippen molar-refractivity contribution < 1.29 is 28.7 Å². The van der Waals surface area contributed by atoms with Gasteiger partial charge in [0.2, 0.25) is 0 Å². The first-order chi connectivity index (χ1) is 14.3. The Balaban J connectivity index is 0.00000263. The molecule has 6 nitrogen and oxygen atoms in total. The second-order valence-corrected chi connectivity index (χ2v) is 7.63. The van der Waals surface area contributed by atoms with Gasteiger partial charge in [0, 0.05) is 42.3 Å². The molecule has 0 saturated heterocycles. The molecule has 0 aliphatic carbocycles. The van der Waals surface area contributed by atoms with Gasteiger partial charge in [0.05, 0.1) is 13.2 Å². The third-order valence-corrected chi connectivity index (χ3v) is 5.85. The summed E-state index contributed by atoms with van der Waals surface area (Å²) in [6.45, 7) is 6.17. The molecule has 0 aliphatic heterocycles. The van der Waals surface area contributed by atoms with E-state index in [2.05, 4.69) is 47.8 Å². The molecule has 0 unspecified atom stereocenters. The van der Waals surface area contributed by atoms with E-state index in [1.807, 2.05) is 19.1 Å². The molecule has 0 atom stereocenters. The standard InChI is InChI=1S/C20H21Br3O4.CO2/c1-4-7-8-13-18(21)14(9-11-16(24)26-5-2)20(23)15(19(13)22)10-12-17(25)27-6-3;2-1-3/h7-12H,4-6H2,1-3H3;/b8-7+,11-9+,12-10+;. The number of halogens is 3. The average Bonchev–Trinajstić information content (AvgIpc) is 2.68. The first-order valence-corrected chi connectivity index (χ1v) is 11.2. The van der Waals surface area contributed by atoms with Crippen LogP contribution >= 0.6 is 47.8 Å². The van der Waals surface area contributed by atoms with Crippen LogP contribution in [-0.2, 0) is 28.7 Å². The minimum atomic E-state index is -0.423. The zero-order chi connectivity index (χ0) is 23.1. The largest absolute Gasteiger partial charge is 0.463 e. The van der Waals surface area contributed by atoms with E-state index in [1.54, 1.807) is 26.0 Å². The molecule has 1 aromatic carbocycles. The number of ether oxygens (including phenoxy) is 2. The summed E-state index contributed by atoms with van der Waals surface area (Å²) in [5.41, 5.74) is 2.41. The predicted octanol–water partition coefficient (Wildman–Crippen LogP) is 5.97. The monoisotopic (exact) mass is 606 g/mol. The van der Waals surface area contributed by atoms with Gasteiger partial charge in [-0.3, -0.25) is 0 Å². The fourth-order valence-corrected chi connectivity index (χ4v) is 4.86. The van der Waals surface area contributed by atoms with E-state index in [0.29, 0.717) is 13.2 Å². The van der Waals surface area contributed by atoms with Crippen molar-refractivity contribution in [3.63, 3.8) is 0 Å². The highest BCUT2D eigenvalue weighted by Crippen LogP contribution is 2.41. The number of carbonyl (C=O) groups is 2. The maximum atomic E-state index is 11.7. The summed E-state index contributed by atoms with van der Waals surface area (Å²) in [7, 11) is 0. The summed E-state index contributed by atoms with van der Waals surface area (Å²) in [6, 6.07) is 0. The molecule has 30 heavy (non-hydrogen) atoms. The van der Waals surface area contributed by atoms with Gasteiger partial charge in [-0.25, -0.2) is 9.59 Å². The molecule has 1 rings (SSSR count). The lowest BCUT2D eigenvalue weighted by atomic mass is 10.0. The lowest BCUT2D eigenvalue weighted by molar-refractivity contribution is -0.191. The molecule has 162 valence electrons. The van der Waals surface area contributed by atoms with E-state index in [9.17, 15) is 9.59 Å². The summed E-state index contributed by atoms with van der Waals surface area (Å²) < 4.78 is 12.2. The zero-order valence-corrected chi connectivity index (χ0v) is 21.4. The lowest BCUT2D eigenvalue weighted by Gasteiger charge is -2.14. The van der Waals surface area contributed by atoms with Crippen LogP contribution in [0.5, 0.6) is 0 Å². The van der Waals surface area contributed by atoms with E-state index >= 15 is 0 Å². The van der Waals surface area contributed by atoms with Crippen LogP contribution in [0.25, 0.3) is 18.2 Å². The normalized spacial score (nSPS) is 10.7. The Hall–Kier alpha value is -1.80. The van der Waals surface area contributed by atoms with Crippen LogP contribution in [-0.4, -0.2) is 31.3 Å². The molecule has 0 radical (unpaired) electrons. The third-order valence-electron chi connectivity index (χ3n) is 3.28. The van der Waals surface area contributed by atoms with E-state index in [4.69, 9.17) is 19.1 Å². The van der Waals surface area contributed by atoms with Crippen molar-refractivity contribution >= 4 is 84.1 Å². The summed E-state index contributed by atoms with van der Waals surface area (Å²) in [5.74, 6) is -0.845. The summed E-state index contributed by atoms with van der Waals surface area (Å²) >= 11 is 10.8. The number of rotatable bonds is 8. The second-order valence-electron chi connectivity index (χ2n) is 5.25. The fraction of sp³-hybridized carbons (Fsp3) is 0.286. The number of esters is 2. The molecule has 0 aliphatic rings.